The van der Waals surface area contributed by atoms with Crippen LogP contribution in [-0.4, -0.2) is 44.0 Å². The van der Waals surface area contributed by atoms with Gasteiger partial charge in [-0.3, -0.25) is 4.79 Å². The van der Waals surface area contributed by atoms with E-state index in [0.29, 0.717) is 18.7 Å². The monoisotopic (exact) mass is 374 g/mol. The lowest BCUT2D eigenvalue weighted by atomic mass is 9.97. The number of carbonyl (C=O) groups excluding carboxylic acids is 1. The van der Waals surface area contributed by atoms with Crippen LogP contribution >= 0.6 is 0 Å². The molecule has 0 saturated carbocycles. The van der Waals surface area contributed by atoms with Gasteiger partial charge in [-0.15, -0.1) is 0 Å². The molecule has 1 aliphatic heterocycles. The number of fused-ring (bicyclic) bond motifs is 1. The lowest BCUT2D eigenvalue weighted by molar-refractivity contribution is -0.144. The van der Waals surface area contributed by atoms with E-state index in [0.717, 1.165) is 22.3 Å². The summed E-state index contributed by atoms with van der Waals surface area (Å²) in [6, 6.07) is 13.5. The fourth-order valence-electron chi connectivity index (χ4n) is 3.64. The van der Waals surface area contributed by atoms with Crippen LogP contribution < -0.4 is 0 Å². The first kappa shape index (κ1) is 16.7. The lowest BCUT2D eigenvalue weighted by Crippen LogP contribution is -2.35. The number of likely N-dealkylation sites (tertiary alicyclic amines) is 1. The molecule has 1 N–H and O–H groups in total. The molecule has 0 bridgehead atoms. The van der Waals surface area contributed by atoms with Gasteiger partial charge in [0.05, 0.1) is 0 Å². The van der Waals surface area contributed by atoms with Crippen LogP contribution in [0.3, 0.4) is 0 Å². The summed E-state index contributed by atoms with van der Waals surface area (Å²) >= 11 is 0. The molecule has 1 amide bonds. The van der Waals surface area contributed by atoms with Gasteiger partial charge in [0, 0.05) is 50.2 Å². The molecule has 1 saturated heterocycles. The third-order valence-corrected chi connectivity index (χ3v) is 5.31. The Morgan fingerprint density at radius 1 is 1.14 bits per heavy atom. The highest BCUT2D eigenvalue weighted by molar-refractivity contribution is 5.87. The molecule has 5 rings (SSSR count). The Bertz CT molecular complexity index is 1200. The molecule has 4 heterocycles. The van der Waals surface area contributed by atoms with Crippen molar-refractivity contribution in [1.29, 1.82) is 0 Å². The zero-order valence-corrected chi connectivity index (χ0v) is 15.2. The summed E-state index contributed by atoms with van der Waals surface area (Å²) in [6.07, 6.45) is 5.98. The predicted molar refractivity (Wildman–Crippen MR) is 102 cm³/mol. The molecule has 7 heteroatoms. The van der Waals surface area contributed by atoms with Crippen LogP contribution in [0.5, 0.6) is 0 Å². The normalized spacial score (nSPS) is 19.6. The second kappa shape index (κ2) is 6.03. The molecular weight excluding hydrogens is 356 g/mol. The number of rotatable bonds is 3. The quantitative estimate of drug-likeness (QED) is 0.596. The molecule has 140 valence electrons. The number of pyridine rings is 1. The maximum absolute atomic E-state index is 12.3. The Morgan fingerprint density at radius 2 is 2.00 bits per heavy atom. The number of imidazole rings is 1. The van der Waals surface area contributed by atoms with Crippen molar-refractivity contribution in [3.05, 3.63) is 66.8 Å². The summed E-state index contributed by atoms with van der Waals surface area (Å²) in [6.45, 7) is 0.484. The van der Waals surface area contributed by atoms with Gasteiger partial charge in [-0.25, -0.2) is 4.98 Å². The largest absolute Gasteiger partial charge is 0.373 e. The third-order valence-electron chi connectivity index (χ3n) is 5.31. The molecule has 1 fully saturated rings. The Hall–Kier alpha value is -3.45. The van der Waals surface area contributed by atoms with Crippen LogP contribution in [0.2, 0.25) is 0 Å². The highest BCUT2D eigenvalue weighted by atomic mass is 16.5. The Kier molecular flexibility index (Phi) is 3.60. The molecule has 7 nitrogen and oxygen atoms in total. The molecule has 4 aromatic rings. The van der Waals surface area contributed by atoms with E-state index in [1.807, 2.05) is 53.2 Å². The number of nitrogens with zero attached hydrogens (tertiary/aromatic N) is 4. The fraction of sp³-hybridized carbons (Fsp3) is 0.190. The van der Waals surface area contributed by atoms with Crippen molar-refractivity contribution in [1.82, 2.24) is 19.4 Å². The van der Waals surface area contributed by atoms with E-state index in [2.05, 4.69) is 10.1 Å². The van der Waals surface area contributed by atoms with Crippen molar-refractivity contribution in [2.45, 2.75) is 12.0 Å². The summed E-state index contributed by atoms with van der Waals surface area (Å²) in [7, 11) is 1.66. The minimum Gasteiger partial charge on any atom is -0.373 e. The number of aromatic nitrogens is 3. The van der Waals surface area contributed by atoms with E-state index in [4.69, 9.17) is 4.52 Å². The first-order valence-corrected chi connectivity index (χ1v) is 9.03. The second-order valence-corrected chi connectivity index (χ2v) is 7.10. The summed E-state index contributed by atoms with van der Waals surface area (Å²) in [5.74, 6) is -0.181. The van der Waals surface area contributed by atoms with E-state index in [-0.39, 0.29) is 11.7 Å². The van der Waals surface area contributed by atoms with Crippen molar-refractivity contribution in [2.24, 2.45) is 0 Å². The van der Waals surface area contributed by atoms with E-state index in [9.17, 15) is 9.90 Å². The third kappa shape index (κ3) is 2.51. The highest BCUT2D eigenvalue weighted by Crippen LogP contribution is 2.35. The number of carbonyl (C=O) groups is 1. The van der Waals surface area contributed by atoms with E-state index in [1.165, 1.54) is 4.90 Å². The Balaban J connectivity index is 1.50. The number of hydrogen-bond acceptors (Lipinski definition) is 5. The smallest absolute Gasteiger partial charge is 0.262 e. The number of likely N-dealkylation sites (N-methyl/N-ethyl adjacent to an activating group) is 1. The van der Waals surface area contributed by atoms with E-state index < -0.39 is 5.60 Å². The maximum atomic E-state index is 12.3. The van der Waals surface area contributed by atoms with E-state index >= 15 is 0 Å². The van der Waals surface area contributed by atoms with Crippen LogP contribution in [0.4, 0.5) is 0 Å². The van der Waals surface area contributed by atoms with Gasteiger partial charge in [0.15, 0.2) is 5.76 Å². The fourth-order valence-corrected chi connectivity index (χ4v) is 3.64. The lowest BCUT2D eigenvalue weighted by Gasteiger charge is -2.16. The minimum absolute atomic E-state index is 0.182. The molecule has 0 radical (unpaired) electrons. The van der Waals surface area contributed by atoms with E-state index in [1.54, 1.807) is 19.3 Å². The van der Waals surface area contributed by atoms with Gasteiger partial charge in [0.1, 0.15) is 11.3 Å². The molecular formula is C21H18N4O3. The highest BCUT2D eigenvalue weighted by Gasteiger charge is 2.48. The van der Waals surface area contributed by atoms with Gasteiger partial charge in [0.25, 0.3) is 5.91 Å². The molecule has 1 aliphatic rings. The predicted octanol–water partition coefficient (Wildman–Crippen LogP) is 2.71. The average Bonchev–Trinajstić information content (AvgIpc) is 3.45. The minimum atomic E-state index is -1.63. The van der Waals surface area contributed by atoms with Crippen molar-refractivity contribution in [3.8, 4) is 22.4 Å². The molecule has 1 atom stereocenters. The first-order chi connectivity index (χ1) is 13.5. The molecule has 28 heavy (non-hydrogen) atoms. The molecule has 3 aromatic heterocycles. The van der Waals surface area contributed by atoms with Crippen molar-refractivity contribution < 1.29 is 14.4 Å². The standard InChI is InChI=1S/C21H18N4O3/c1-24-9-7-21(27,20(24)26)18-12-17(23-28-18)15-4-2-3-14(11-15)16-5-6-19-22-8-10-25(19)13-16/h2-6,8,10-13,27H,7,9H2,1H3. The van der Waals surface area contributed by atoms with Crippen molar-refractivity contribution in [2.75, 3.05) is 13.6 Å². The Morgan fingerprint density at radius 3 is 2.82 bits per heavy atom. The van der Waals surface area contributed by atoms with Gasteiger partial charge in [-0.2, -0.15) is 0 Å². The van der Waals surface area contributed by atoms with Crippen LogP contribution in [-0.2, 0) is 10.4 Å². The summed E-state index contributed by atoms with van der Waals surface area (Å²) in [4.78, 5) is 18.0. The Labute approximate surface area is 160 Å². The zero-order valence-electron chi connectivity index (χ0n) is 15.2. The summed E-state index contributed by atoms with van der Waals surface area (Å²) in [5, 5.41) is 14.8. The van der Waals surface area contributed by atoms with Gasteiger partial charge in [-0.05, 0) is 29.3 Å². The van der Waals surface area contributed by atoms with Crippen LogP contribution in [0.15, 0.2) is 65.6 Å². The van der Waals surface area contributed by atoms with Gasteiger partial charge >= 0.3 is 0 Å². The van der Waals surface area contributed by atoms with Gasteiger partial charge in [-0.1, -0.05) is 23.4 Å². The number of hydrogen-bond donors (Lipinski definition) is 1. The van der Waals surface area contributed by atoms with Gasteiger partial charge in [0.2, 0.25) is 5.60 Å². The van der Waals surface area contributed by atoms with Gasteiger partial charge < -0.3 is 18.9 Å². The molecule has 0 aliphatic carbocycles. The first-order valence-electron chi connectivity index (χ1n) is 9.03. The van der Waals surface area contributed by atoms with Crippen molar-refractivity contribution >= 4 is 11.6 Å². The number of benzene rings is 1. The zero-order chi connectivity index (χ0) is 19.3. The molecule has 0 spiro atoms. The van der Waals surface area contributed by atoms with Crippen LogP contribution in [0, 0.1) is 0 Å². The maximum Gasteiger partial charge on any atom is 0.262 e. The summed E-state index contributed by atoms with van der Waals surface area (Å²) in [5.41, 5.74) is 2.75. The van der Waals surface area contributed by atoms with Crippen molar-refractivity contribution in [3.63, 3.8) is 0 Å². The molecule has 1 aromatic carbocycles. The molecule has 1 unspecified atom stereocenters. The topological polar surface area (TPSA) is 83.9 Å². The average molecular weight is 374 g/mol. The van der Waals surface area contributed by atoms with Crippen LogP contribution in [0.25, 0.3) is 28.0 Å². The second-order valence-electron chi connectivity index (χ2n) is 7.10. The number of aliphatic hydroxyl groups is 1. The summed E-state index contributed by atoms with van der Waals surface area (Å²) < 4.78 is 7.32. The number of amides is 1. The SMILES string of the molecule is CN1CCC(O)(c2cc(-c3cccc(-c4ccc5nccn5c4)c3)no2)C1=O. The van der Waals surface area contributed by atoms with Crippen LogP contribution in [0.1, 0.15) is 12.2 Å².